The van der Waals surface area contributed by atoms with E-state index in [-0.39, 0.29) is 11.3 Å². The molecule has 0 aromatic heterocycles. The third kappa shape index (κ3) is 3.82. The molecule has 3 heteroatoms. The zero-order chi connectivity index (χ0) is 16.5. The Labute approximate surface area is 133 Å². The van der Waals surface area contributed by atoms with Crippen LogP contribution in [0.4, 0.5) is 0 Å². The van der Waals surface area contributed by atoms with E-state index in [9.17, 15) is 4.79 Å². The van der Waals surface area contributed by atoms with Gasteiger partial charge in [0.2, 0.25) is 0 Å². The lowest BCUT2D eigenvalue weighted by Gasteiger charge is -2.25. The Hall–Kier alpha value is -1.51. The number of benzene rings is 1. The summed E-state index contributed by atoms with van der Waals surface area (Å²) in [6.45, 7) is 11.4. The lowest BCUT2D eigenvalue weighted by Crippen LogP contribution is -2.14. The molecule has 0 bridgehead atoms. The highest BCUT2D eigenvalue weighted by Crippen LogP contribution is 2.45. The summed E-state index contributed by atoms with van der Waals surface area (Å²) in [5, 5.41) is 9.04. The molecule has 0 aliphatic heterocycles. The Balaban J connectivity index is 2.16. The standard InChI is InChI=1S/C19H28O3/c1-6-22-17-8-7-13(11-16(17)19(3,4)5)12(2)9-14-10-15(14)18(20)21/h7-8,11-12,14-15H,6,9-10H2,1-5H3,(H,20,21). The normalized spacial score (nSPS) is 22.2. The van der Waals surface area contributed by atoms with Crippen molar-refractivity contribution in [3.8, 4) is 5.75 Å². The minimum Gasteiger partial charge on any atom is -0.494 e. The molecular formula is C19H28O3. The molecule has 1 aliphatic rings. The molecule has 2 rings (SSSR count). The first-order valence-corrected chi connectivity index (χ1v) is 8.24. The Kier molecular flexibility index (Phi) is 4.84. The maximum Gasteiger partial charge on any atom is 0.306 e. The third-order valence-electron chi connectivity index (χ3n) is 4.58. The van der Waals surface area contributed by atoms with Gasteiger partial charge in [-0.15, -0.1) is 0 Å². The lowest BCUT2D eigenvalue weighted by molar-refractivity contribution is -0.138. The number of ether oxygens (including phenoxy) is 1. The first-order valence-electron chi connectivity index (χ1n) is 8.24. The van der Waals surface area contributed by atoms with Crippen molar-refractivity contribution in [2.24, 2.45) is 11.8 Å². The molecule has 1 N–H and O–H groups in total. The van der Waals surface area contributed by atoms with E-state index in [4.69, 9.17) is 9.84 Å². The van der Waals surface area contributed by atoms with E-state index < -0.39 is 5.97 Å². The van der Waals surface area contributed by atoms with Gasteiger partial charge in [0.05, 0.1) is 12.5 Å². The van der Waals surface area contributed by atoms with E-state index in [1.807, 2.05) is 6.92 Å². The van der Waals surface area contributed by atoms with Crippen LogP contribution in [0.3, 0.4) is 0 Å². The van der Waals surface area contributed by atoms with Gasteiger partial charge in [-0.2, -0.15) is 0 Å². The molecule has 3 unspecified atom stereocenters. The van der Waals surface area contributed by atoms with Crippen molar-refractivity contribution in [2.45, 2.75) is 58.8 Å². The minimum absolute atomic E-state index is 0.0312. The maximum absolute atomic E-state index is 11.0. The fourth-order valence-corrected chi connectivity index (χ4v) is 3.12. The highest BCUT2D eigenvalue weighted by atomic mass is 16.5. The van der Waals surface area contributed by atoms with Gasteiger partial charge in [0.1, 0.15) is 5.75 Å². The molecule has 1 aromatic carbocycles. The van der Waals surface area contributed by atoms with E-state index in [0.29, 0.717) is 18.4 Å². The molecule has 1 aliphatic carbocycles. The number of carboxylic acid groups (broad SMARTS) is 1. The summed E-state index contributed by atoms with van der Waals surface area (Å²) in [7, 11) is 0. The van der Waals surface area contributed by atoms with Crippen LogP contribution < -0.4 is 4.74 Å². The zero-order valence-electron chi connectivity index (χ0n) is 14.3. The fourth-order valence-electron chi connectivity index (χ4n) is 3.12. The van der Waals surface area contributed by atoms with Crippen molar-refractivity contribution in [1.29, 1.82) is 0 Å². The van der Waals surface area contributed by atoms with Crippen LogP contribution in [0, 0.1) is 11.8 Å². The summed E-state index contributed by atoms with van der Waals surface area (Å²) < 4.78 is 5.76. The Morgan fingerprint density at radius 3 is 2.59 bits per heavy atom. The van der Waals surface area contributed by atoms with Gasteiger partial charge < -0.3 is 9.84 Å². The van der Waals surface area contributed by atoms with Crippen molar-refractivity contribution < 1.29 is 14.6 Å². The van der Waals surface area contributed by atoms with Crippen molar-refractivity contribution >= 4 is 5.97 Å². The van der Waals surface area contributed by atoms with Gasteiger partial charge in [-0.3, -0.25) is 4.79 Å². The number of carbonyl (C=O) groups is 1. The largest absolute Gasteiger partial charge is 0.494 e. The number of aliphatic carboxylic acids is 1. The average molecular weight is 304 g/mol. The molecule has 0 heterocycles. The van der Waals surface area contributed by atoms with Crippen LogP contribution in [0.1, 0.15) is 64.5 Å². The Bertz CT molecular complexity index is 542. The molecule has 22 heavy (non-hydrogen) atoms. The summed E-state index contributed by atoms with van der Waals surface area (Å²) >= 11 is 0. The number of carboxylic acids is 1. The smallest absolute Gasteiger partial charge is 0.306 e. The monoisotopic (exact) mass is 304 g/mol. The second-order valence-corrected chi connectivity index (χ2v) is 7.52. The van der Waals surface area contributed by atoms with Gasteiger partial charge in [0.25, 0.3) is 0 Å². The van der Waals surface area contributed by atoms with Gasteiger partial charge in [-0.1, -0.05) is 39.8 Å². The van der Waals surface area contributed by atoms with Gasteiger partial charge >= 0.3 is 5.97 Å². The second kappa shape index (κ2) is 6.31. The van der Waals surface area contributed by atoms with Gasteiger partial charge in [0.15, 0.2) is 0 Å². The predicted octanol–water partition coefficient (Wildman–Crippen LogP) is 4.60. The van der Waals surface area contributed by atoms with E-state index >= 15 is 0 Å². The first-order chi connectivity index (χ1) is 10.2. The quantitative estimate of drug-likeness (QED) is 0.835. The average Bonchev–Trinajstić information content (AvgIpc) is 3.17. The molecule has 122 valence electrons. The van der Waals surface area contributed by atoms with E-state index in [2.05, 4.69) is 45.9 Å². The van der Waals surface area contributed by atoms with Crippen molar-refractivity contribution in [3.63, 3.8) is 0 Å². The molecule has 1 fully saturated rings. The van der Waals surface area contributed by atoms with Gasteiger partial charge in [-0.05, 0) is 54.2 Å². The number of hydrogen-bond acceptors (Lipinski definition) is 2. The molecule has 0 amide bonds. The summed E-state index contributed by atoms with van der Waals surface area (Å²) in [6, 6.07) is 6.44. The predicted molar refractivity (Wildman–Crippen MR) is 88.6 cm³/mol. The van der Waals surface area contributed by atoms with Crippen LogP contribution in [0.25, 0.3) is 0 Å². The van der Waals surface area contributed by atoms with Crippen LogP contribution in [0.2, 0.25) is 0 Å². The second-order valence-electron chi connectivity index (χ2n) is 7.52. The van der Waals surface area contributed by atoms with Crippen molar-refractivity contribution in [3.05, 3.63) is 29.3 Å². The van der Waals surface area contributed by atoms with Crippen LogP contribution in [-0.4, -0.2) is 17.7 Å². The molecule has 0 spiro atoms. The number of hydrogen-bond donors (Lipinski definition) is 1. The molecule has 1 saturated carbocycles. The molecule has 3 nitrogen and oxygen atoms in total. The van der Waals surface area contributed by atoms with E-state index in [0.717, 1.165) is 18.6 Å². The third-order valence-corrected chi connectivity index (χ3v) is 4.58. The summed E-state index contributed by atoms with van der Waals surface area (Å²) in [4.78, 5) is 11.0. The maximum atomic E-state index is 11.0. The molecule has 0 radical (unpaired) electrons. The SMILES string of the molecule is CCOc1ccc(C(C)CC2CC2C(=O)O)cc1C(C)(C)C. The van der Waals surface area contributed by atoms with Gasteiger partial charge in [-0.25, -0.2) is 0 Å². The molecule has 0 saturated heterocycles. The first kappa shape index (κ1) is 16.9. The topological polar surface area (TPSA) is 46.5 Å². The Morgan fingerprint density at radius 2 is 2.09 bits per heavy atom. The summed E-state index contributed by atoms with van der Waals surface area (Å²) in [6.07, 6.45) is 1.79. The van der Waals surface area contributed by atoms with Crippen LogP contribution in [-0.2, 0) is 10.2 Å². The highest BCUT2D eigenvalue weighted by Gasteiger charge is 2.43. The van der Waals surface area contributed by atoms with E-state index in [1.165, 1.54) is 11.1 Å². The van der Waals surface area contributed by atoms with Crippen LogP contribution >= 0.6 is 0 Å². The molecule has 3 atom stereocenters. The summed E-state index contributed by atoms with van der Waals surface area (Å²) in [5.74, 6) is 0.926. The molecular weight excluding hydrogens is 276 g/mol. The Morgan fingerprint density at radius 1 is 1.41 bits per heavy atom. The number of rotatable bonds is 6. The van der Waals surface area contributed by atoms with Crippen LogP contribution in [0.5, 0.6) is 5.75 Å². The molecule has 1 aromatic rings. The van der Waals surface area contributed by atoms with Crippen molar-refractivity contribution in [1.82, 2.24) is 0 Å². The van der Waals surface area contributed by atoms with Crippen molar-refractivity contribution in [2.75, 3.05) is 6.61 Å². The van der Waals surface area contributed by atoms with Crippen LogP contribution in [0.15, 0.2) is 18.2 Å². The summed E-state index contributed by atoms with van der Waals surface area (Å²) in [5.41, 5.74) is 2.54. The lowest BCUT2D eigenvalue weighted by atomic mass is 9.83. The van der Waals surface area contributed by atoms with Gasteiger partial charge in [0, 0.05) is 0 Å². The van der Waals surface area contributed by atoms with E-state index in [1.54, 1.807) is 0 Å². The fraction of sp³-hybridized carbons (Fsp3) is 0.632. The highest BCUT2D eigenvalue weighted by molar-refractivity contribution is 5.73. The minimum atomic E-state index is -0.640. The zero-order valence-corrected chi connectivity index (χ0v) is 14.3.